The highest BCUT2D eigenvalue weighted by Crippen LogP contribution is 2.40. The molecule has 0 bridgehead atoms. The van der Waals surface area contributed by atoms with Crippen molar-refractivity contribution in [3.05, 3.63) is 83.7 Å². The molecular weight excluding hydrogens is 452 g/mol. The van der Waals surface area contributed by atoms with Gasteiger partial charge < -0.3 is 10.2 Å². The summed E-state index contributed by atoms with van der Waals surface area (Å²) in [6.45, 7) is 0.919. The monoisotopic (exact) mass is 476 g/mol. The Balaban J connectivity index is 1.40. The maximum Gasteiger partial charge on any atom is 0.254 e. The number of nitrogens with zero attached hydrogens (tertiary/aromatic N) is 5. The van der Waals surface area contributed by atoms with Crippen LogP contribution < -0.4 is 5.32 Å². The number of fused-ring (bicyclic) bond motifs is 1. The maximum atomic E-state index is 13.8. The Morgan fingerprint density at radius 3 is 2.74 bits per heavy atom. The summed E-state index contributed by atoms with van der Waals surface area (Å²) in [5, 5.41) is 7.26. The zero-order valence-corrected chi connectivity index (χ0v) is 19.5. The number of amides is 2. The van der Waals surface area contributed by atoms with E-state index in [1.54, 1.807) is 41.4 Å². The van der Waals surface area contributed by atoms with Crippen LogP contribution in [0, 0.1) is 0 Å². The second kappa shape index (κ2) is 9.02. The van der Waals surface area contributed by atoms with E-state index in [1.807, 2.05) is 42.5 Å². The third kappa shape index (κ3) is 4.09. The minimum atomic E-state index is -1.29. The van der Waals surface area contributed by atoms with Gasteiger partial charge in [-0.15, -0.1) is 11.6 Å². The van der Waals surface area contributed by atoms with Gasteiger partial charge in [-0.1, -0.05) is 36.4 Å². The Bertz CT molecular complexity index is 1240. The normalized spacial score (nSPS) is 23.9. The number of alkyl halides is 1. The molecule has 2 amide bonds. The number of carbonyl (C=O) groups is 2. The Morgan fingerprint density at radius 1 is 1.18 bits per heavy atom. The van der Waals surface area contributed by atoms with Crippen molar-refractivity contribution in [1.29, 1.82) is 0 Å². The van der Waals surface area contributed by atoms with Crippen LogP contribution in [0.25, 0.3) is 6.08 Å². The van der Waals surface area contributed by atoms with Crippen molar-refractivity contribution in [2.24, 2.45) is 7.05 Å². The molecule has 0 saturated carbocycles. The van der Waals surface area contributed by atoms with Gasteiger partial charge in [0.05, 0.1) is 23.1 Å². The number of likely N-dealkylation sites (tertiary alicyclic amines) is 1. The molecule has 1 saturated heterocycles. The highest BCUT2D eigenvalue weighted by atomic mass is 35.5. The lowest BCUT2D eigenvalue weighted by molar-refractivity contribution is -0.136. The number of allylic oxidation sites excluding steroid dienone is 1. The number of carbonyl (C=O) groups excluding carboxylic acids is 2. The minimum absolute atomic E-state index is 0.0831. The van der Waals surface area contributed by atoms with Gasteiger partial charge in [-0.05, 0) is 24.5 Å². The quantitative estimate of drug-likeness (QED) is 0.584. The molecule has 0 radical (unpaired) electrons. The van der Waals surface area contributed by atoms with Crippen molar-refractivity contribution in [3.8, 4) is 0 Å². The van der Waals surface area contributed by atoms with Gasteiger partial charge in [0.1, 0.15) is 0 Å². The third-order valence-electron chi connectivity index (χ3n) is 6.53. The fraction of sp³-hybridized carbons (Fsp3) is 0.320. The smallest absolute Gasteiger partial charge is 0.254 e. The van der Waals surface area contributed by atoms with Crippen LogP contribution in [0.4, 0.5) is 0 Å². The zero-order valence-electron chi connectivity index (χ0n) is 18.8. The van der Waals surface area contributed by atoms with E-state index in [2.05, 4.69) is 20.4 Å². The van der Waals surface area contributed by atoms with Crippen molar-refractivity contribution in [3.63, 3.8) is 0 Å². The predicted molar refractivity (Wildman–Crippen MR) is 128 cm³/mol. The van der Waals surface area contributed by atoms with Crippen LogP contribution in [0.1, 0.15) is 46.1 Å². The molecular formula is C25H25ClN6O2. The average Bonchev–Trinajstić information content (AvgIpc) is 3.31. The highest BCUT2D eigenvalue weighted by molar-refractivity contribution is 6.35. The Morgan fingerprint density at radius 2 is 1.97 bits per heavy atom. The molecule has 1 fully saturated rings. The van der Waals surface area contributed by atoms with E-state index in [4.69, 9.17) is 11.6 Å². The van der Waals surface area contributed by atoms with Gasteiger partial charge in [0, 0.05) is 50.7 Å². The first-order chi connectivity index (χ1) is 16.5. The fourth-order valence-corrected chi connectivity index (χ4v) is 5.14. The number of nitrogens with one attached hydrogen (secondary N) is 1. The summed E-state index contributed by atoms with van der Waals surface area (Å²) in [7, 11) is 1.78. The number of halogens is 1. The molecule has 3 aromatic rings. The molecule has 8 nitrogen and oxygen atoms in total. The summed E-state index contributed by atoms with van der Waals surface area (Å²) < 4.78 is 1.60. The first kappa shape index (κ1) is 22.3. The number of piperidine rings is 1. The van der Waals surface area contributed by atoms with E-state index >= 15 is 0 Å². The molecule has 9 heteroatoms. The summed E-state index contributed by atoms with van der Waals surface area (Å²) in [5.74, 6) is -0.437. The van der Waals surface area contributed by atoms with Crippen molar-refractivity contribution >= 4 is 29.5 Å². The molecule has 5 rings (SSSR count). The second-order valence-corrected chi connectivity index (χ2v) is 9.38. The largest absolute Gasteiger partial charge is 0.348 e. The van der Waals surface area contributed by atoms with Crippen molar-refractivity contribution in [2.45, 2.75) is 29.7 Å². The highest BCUT2D eigenvalue weighted by Gasteiger charge is 2.46. The molecule has 3 atom stereocenters. The van der Waals surface area contributed by atoms with Crippen molar-refractivity contribution in [1.82, 2.24) is 30.0 Å². The molecule has 1 aliphatic carbocycles. The summed E-state index contributed by atoms with van der Waals surface area (Å²) in [5.41, 5.74) is 2.68. The Kier molecular flexibility index (Phi) is 5.91. The number of aryl methyl sites for hydroxylation is 1. The molecule has 1 aliphatic heterocycles. The van der Waals surface area contributed by atoms with Crippen molar-refractivity contribution in [2.75, 3.05) is 13.1 Å². The maximum absolute atomic E-state index is 13.8. The van der Waals surface area contributed by atoms with Crippen molar-refractivity contribution < 1.29 is 9.59 Å². The number of hydrogen-bond acceptors (Lipinski definition) is 5. The van der Waals surface area contributed by atoms with E-state index < -0.39 is 4.87 Å². The molecule has 2 aromatic heterocycles. The molecule has 34 heavy (non-hydrogen) atoms. The number of hydrogen-bond donors (Lipinski definition) is 1. The summed E-state index contributed by atoms with van der Waals surface area (Å²) in [6, 6.07) is 9.82. The Hall–Kier alpha value is -3.52. The van der Waals surface area contributed by atoms with E-state index in [1.165, 1.54) is 0 Å². The van der Waals surface area contributed by atoms with Gasteiger partial charge in [0.15, 0.2) is 4.87 Å². The molecule has 1 unspecified atom stereocenters. The lowest BCUT2D eigenvalue weighted by Crippen LogP contribution is -2.54. The first-order valence-corrected chi connectivity index (χ1v) is 11.6. The molecule has 1 N–H and O–H groups in total. The van der Waals surface area contributed by atoms with E-state index in [0.29, 0.717) is 42.9 Å². The van der Waals surface area contributed by atoms with Gasteiger partial charge in [0.25, 0.3) is 5.91 Å². The van der Waals surface area contributed by atoms with Crippen LogP contribution in [0.3, 0.4) is 0 Å². The van der Waals surface area contributed by atoms with Gasteiger partial charge in [-0.3, -0.25) is 24.2 Å². The molecule has 174 valence electrons. The number of rotatable bonds is 4. The summed E-state index contributed by atoms with van der Waals surface area (Å²) >= 11 is 6.96. The lowest BCUT2D eigenvalue weighted by Gasteiger charge is -2.42. The SMILES string of the molecule is Cn1cc(C(=O)N[C@@H]2CCN(C(=O)C3(Cl)CC=Cc4nccnc43)C[C@@H]2c2ccccc2)cn1. The standard InChI is InChI=1S/C25H25ClN6O2/c1-31-15-18(14-29-31)23(33)30-20-9-13-32(16-19(20)17-6-3-2-4-7-17)24(34)25(26)10-5-8-21-22(25)28-12-11-27-21/h2-8,11-12,14-15,19-20H,9-10,13,16H2,1H3,(H,30,33)/t19-,20-,25?/m1/s1. The van der Waals surface area contributed by atoms with Crippen LogP contribution in [-0.2, 0) is 16.7 Å². The number of aromatic nitrogens is 4. The van der Waals surface area contributed by atoms with Gasteiger partial charge in [-0.25, -0.2) is 0 Å². The first-order valence-electron chi connectivity index (χ1n) is 11.3. The van der Waals surface area contributed by atoms with Gasteiger partial charge in [-0.2, -0.15) is 5.10 Å². The summed E-state index contributed by atoms with van der Waals surface area (Å²) in [4.78, 5) is 35.9. The zero-order chi connectivity index (χ0) is 23.7. The topological polar surface area (TPSA) is 93.0 Å². The van der Waals surface area contributed by atoms with Crippen LogP contribution in [-0.4, -0.2) is 55.6 Å². The minimum Gasteiger partial charge on any atom is -0.348 e. The van der Waals surface area contributed by atoms with E-state index in [0.717, 1.165) is 5.56 Å². The van der Waals surface area contributed by atoms with Crippen LogP contribution in [0.2, 0.25) is 0 Å². The van der Waals surface area contributed by atoms with Gasteiger partial charge in [0.2, 0.25) is 5.91 Å². The summed E-state index contributed by atoms with van der Waals surface area (Å²) in [6.07, 6.45) is 11.1. The Labute approximate surface area is 202 Å². The molecule has 2 aliphatic rings. The number of benzene rings is 1. The average molecular weight is 477 g/mol. The molecule has 3 heterocycles. The van der Waals surface area contributed by atoms with Crippen LogP contribution in [0.5, 0.6) is 0 Å². The predicted octanol–water partition coefficient (Wildman–Crippen LogP) is 2.88. The fourth-order valence-electron chi connectivity index (χ4n) is 4.78. The third-order valence-corrected chi connectivity index (χ3v) is 7.02. The van der Waals surface area contributed by atoms with E-state index in [-0.39, 0.29) is 23.8 Å². The molecule has 1 aromatic carbocycles. The van der Waals surface area contributed by atoms with E-state index in [9.17, 15) is 9.59 Å². The molecule has 0 spiro atoms. The second-order valence-electron chi connectivity index (χ2n) is 8.74. The van der Waals surface area contributed by atoms with Gasteiger partial charge >= 0.3 is 0 Å². The van der Waals surface area contributed by atoms with Crippen LogP contribution >= 0.6 is 11.6 Å². The lowest BCUT2D eigenvalue weighted by atomic mass is 9.84. The van der Waals surface area contributed by atoms with Crippen LogP contribution in [0.15, 0.2) is 61.2 Å².